The number of nitrogens with one attached hydrogen (secondary N) is 1. The maximum Gasteiger partial charge on any atom is 0.423 e. The molecule has 0 unspecified atom stereocenters. The lowest BCUT2D eigenvalue weighted by Crippen LogP contribution is -2.23. The minimum absolute atomic E-state index is 0.0251. The smallest absolute Gasteiger partial charge is 0.357 e. The van der Waals surface area contributed by atoms with Crippen LogP contribution in [0.3, 0.4) is 0 Å². The topological polar surface area (TPSA) is 84.2 Å². The first kappa shape index (κ1) is 21.4. The Kier molecular flexibility index (Phi) is 6.76. The van der Waals surface area contributed by atoms with Crippen LogP contribution in [0.1, 0.15) is 38.4 Å². The first-order chi connectivity index (χ1) is 13.2. The third-order valence-corrected chi connectivity index (χ3v) is 4.11. The molecule has 0 aliphatic heterocycles. The van der Waals surface area contributed by atoms with Gasteiger partial charge in [0.2, 0.25) is 5.95 Å². The number of nitro benzene ring substituents is 1. The van der Waals surface area contributed by atoms with Gasteiger partial charge in [-0.15, -0.1) is 0 Å². The summed E-state index contributed by atoms with van der Waals surface area (Å²) in [6, 6.07) is 4.59. The van der Waals surface area contributed by atoms with E-state index in [4.69, 9.17) is 0 Å². The fourth-order valence-corrected chi connectivity index (χ4v) is 2.76. The van der Waals surface area contributed by atoms with E-state index in [0.717, 1.165) is 18.2 Å². The summed E-state index contributed by atoms with van der Waals surface area (Å²) < 4.78 is 39.6. The van der Waals surface area contributed by atoms with Gasteiger partial charge in [-0.05, 0) is 32.4 Å². The van der Waals surface area contributed by atoms with Crippen LogP contribution in [-0.4, -0.2) is 28.0 Å². The molecule has 0 atom stereocenters. The number of aromatic nitrogens is 2. The molecule has 0 aliphatic carbocycles. The number of hydrogen-bond acceptors (Lipinski definition) is 6. The summed E-state index contributed by atoms with van der Waals surface area (Å²) in [5, 5.41) is 13.6. The van der Waals surface area contributed by atoms with E-state index in [1.807, 2.05) is 31.7 Å². The van der Waals surface area contributed by atoms with Crippen molar-refractivity contribution in [3.8, 4) is 0 Å². The summed E-state index contributed by atoms with van der Waals surface area (Å²) in [6.07, 6.45) is -3.30. The molecule has 0 bridgehead atoms. The Hall–Kier alpha value is -2.91. The molecule has 2 aromatic rings. The molecule has 0 spiro atoms. The molecule has 10 heteroatoms. The van der Waals surface area contributed by atoms with Crippen molar-refractivity contribution in [1.82, 2.24) is 9.97 Å². The number of hydrogen-bond donors (Lipinski definition) is 1. The van der Waals surface area contributed by atoms with E-state index in [-0.39, 0.29) is 11.6 Å². The SMILES string of the molecule is CCCc1cc(N(CC)CC)nc(Nc2ccc([N+](=O)[O-])c(C(F)(F)F)c2)n1. The van der Waals surface area contributed by atoms with Crippen LogP contribution >= 0.6 is 0 Å². The van der Waals surface area contributed by atoms with Gasteiger partial charge in [-0.3, -0.25) is 10.1 Å². The Morgan fingerprint density at radius 2 is 1.82 bits per heavy atom. The van der Waals surface area contributed by atoms with Crippen molar-refractivity contribution in [3.63, 3.8) is 0 Å². The maximum absolute atomic E-state index is 13.2. The van der Waals surface area contributed by atoms with Crippen LogP contribution in [0.4, 0.5) is 36.3 Å². The first-order valence-corrected chi connectivity index (χ1v) is 8.95. The Morgan fingerprint density at radius 1 is 1.14 bits per heavy atom. The summed E-state index contributed by atoms with van der Waals surface area (Å²) >= 11 is 0. The summed E-state index contributed by atoms with van der Waals surface area (Å²) in [7, 11) is 0. The molecule has 0 saturated heterocycles. The monoisotopic (exact) mass is 397 g/mol. The molecule has 1 aromatic heterocycles. The fraction of sp³-hybridized carbons (Fsp3) is 0.444. The van der Waals surface area contributed by atoms with Gasteiger partial charge in [0.25, 0.3) is 5.69 Å². The predicted octanol–water partition coefficient (Wildman–Crippen LogP) is 4.95. The van der Waals surface area contributed by atoms with Crippen LogP contribution < -0.4 is 10.2 Å². The lowest BCUT2D eigenvalue weighted by Gasteiger charge is -2.21. The summed E-state index contributed by atoms with van der Waals surface area (Å²) in [4.78, 5) is 20.6. The van der Waals surface area contributed by atoms with Crippen molar-refractivity contribution < 1.29 is 18.1 Å². The maximum atomic E-state index is 13.2. The van der Waals surface area contributed by atoms with E-state index in [1.165, 1.54) is 6.07 Å². The molecule has 0 fully saturated rings. The molecule has 2 rings (SSSR count). The molecule has 152 valence electrons. The van der Waals surface area contributed by atoms with Crippen LogP contribution in [0.2, 0.25) is 0 Å². The average Bonchev–Trinajstić information content (AvgIpc) is 2.62. The second-order valence-corrected chi connectivity index (χ2v) is 6.08. The number of aryl methyl sites for hydroxylation is 1. The van der Waals surface area contributed by atoms with Gasteiger partial charge < -0.3 is 10.2 Å². The minimum atomic E-state index is -4.85. The van der Waals surface area contributed by atoms with Crippen molar-refractivity contribution >= 4 is 23.1 Å². The molecule has 1 heterocycles. The molecule has 0 aliphatic rings. The van der Waals surface area contributed by atoms with E-state index < -0.39 is 22.4 Å². The Balaban J connectivity index is 2.45. The van der Waals surface area contributed by atoms with Crippen LogP contribution in [0, 0.1) is 10.1 Å². The zero-order chi connectivity index (χ0) is 20.9. The third kappa shape index (κ3) is 5.08. The van der Waals surface area contributed by atoms with E-state index in [0.29, 0.717) is 31.4 Å². The molecule has 0 amide bonds. The highest BCUT2D eigenvalue weighted by Crippen LogP contribution is 2.38. The number of benzene rings is 1. The normalized spacial score (nSPS) is 11.4. The molecular formula is C18H22F3N5O2. The summed E-state index contributed by atoms with van der Waals surface area (Å²) in [5.74, 6) is 0.818. The van der Waals surface area contributed by atoms with Gasteiger partial charge in [-0.1, -0.05) is 13.3 Å². The highest BCUT2D eigenvalue weighted by Gasteiger charge is 2.38. The van der Waals surface area contributed by atoms with Crippen molar-refractivity contribution in [3.05, 3.63) is 45.6 Å². The van der Waals surface area contributed by atoms with E-state index >= 15 is 0 Å². The van der Waals surface area contributed by atoms with Gasteiger partial charge in [0.1, 0.15) is 11.4 Å². The van der Waals surface area contributed by atoms with Crippen LogP contribution in [0.5, 0.6) is 0 Å². The molecule has 28 heavy (non-hydrogen) atoms. The zero-order valence-corrected chi connectivity index (χ0v) is 15.9. The number of rotatable bonds is 8. The summed E-state index contributed by atoms with van der Waals surface area (Å²) in [6.45, 7) is 7.38. The van der Waals surface area contributed by atoms with E-state index in [2.05, 4.69) is 15.3 Å². The van der Waals surface area contributed by atoms with Crippen molar-refractivity contribution in [1.29, 1.82) is 0 Å². The Morgan fingerprint density at radius 3 is 2.36 bits per heavy atom. The standard InChI is InChI=1S/C18H22F3N5O2/c1-4-7-12-11-16(25(5-2)6-3)24-17(22-12)23-13-8-9-15(26(27)28)14(10-13)18(19,20)21/h8-11H,4-7H2,1-3H3,(H,22,23,24). The number of alkyl halides is 3. The van der Waals surface area contributed by atoms with Crippen LogP contribution in [-0.2, 0) is 12.6 Å². The van der Waals surface area contributed by atoms with Crippen molar-refractivity contribution in [2.75, 3.05) is 23.3 Å². The fourth-order valence-electron chi connectivity index (χ4n) is 2.76. The largest absolute Gasteiger partial charge is 0.423 e. The minimum Gasteiger partial charge on any atom is -0.357 e. The van der Waals surface area contributed by atoms with Crippen molar-refractivity contribution in [2.45, 2.75) is 39.8 Å². The molecular weight excluding hydrogens is 375 g/mol. The van der Waals surface area contributed by atoms with Crippen molar-refractivity contribution in [2.24, 2.45) is 0 Å². The van der Waals surface area contributed by atoms with E-state index in [9.17, 15) is 23.3 Å². The summed E-state index contributed by atoms with van der Waals surface area (Å²) in [5.41, 5.74) is -1.53. The Bertz CT molecular complexity index is 838. The highest BCUT2D eigenvalue weighted by atomic mass is 19.4. The van der Waals surface area contributed by atoms with Gasteiger partial charge in [-0.25, -0.2) is 4.98 Å². The first-order valence-electron chi connectivity index (χ1n) is 8.95. The molecule has 7 nitrogen and oxygen atoms in total. The van der Waals surface area contributed by atoms with E-state index in [1.54, 1.807) is 0 Å². The quantitative estimate of drug-likeness (QED) is 0.501. The van der Waals surface area contributed by atoms with Crippen LogP contribution in [0.25, 0.3) is 0 Å². The number of halogens is 3. The molecule has 1 N–H and O–H groups in total. The third-order valence-electron chi connectivity index (χ3n) is 4.11. The second-order valence-electron chi connectivity index (χ2n) is 6.08. The van der Waals surface area contributed by atoms with Gasteiger partial charge in [-0.2, -0.15) is 18.2 Å². The van der Waals surface area contributed by atoms with Gasteiger partial charge >= 0.3 is 6.18 Å². The lowest BCUT2D eigenvalue weighted by atomic mass is 10.1. The number of nitrogens with zero attached hydrogens (tertiary/aromatic N) is 4. The lowest BCUT2D eigenvalue weighted by molar-refractivity contribution is -0.388. The second kappa shape index (κ2) is 8.85. The average molecular weight is 397 g/mol. The highest BCUT2D eigenvalue weighted by molar-refractivity contribution is 5.61. The predicted molar refractivity (Wildman–Crippen MR) is 101 cm³/mol. The van der Waals surface area contributed by atoms with Gasteiger partial charge in [0.05, 0.1) is 4.92 Å². The number of anilines is 3. The van der Waals surface area contributed by atoms with Crippen LogP contribution in [0.15, 0.2) is 24.3 Å². The molecule has 0 saturated carbocycles. The number of nitro groups is 1. The van der Waals surface area contributed by atoms with Gasteiger partial charge in [0.15, 0.2) is 0 Å². The molecule has 0 radical (unpaired) electrons. The Labute approximate surface area is 160 Å². The molecule has 1 aromatic carbocycles. The zero-order valence-electron chi connectivity index (χ0n) is 15.9. The van der Waals surface area contributed by atoms with Gasteiger partial charge in [0, 0.05) is 36.6 Å².